The number of nitrogens with one attached hydrogen (secondary N) is 1. The molecule has 1 fully saturated rings. The van der Waals surface area contributed by atoms with E-state index in [2.05, 4.69) is 5.32 Å². The first-order valence-corrected chi connectivity index (χ1v) is 10.00. The maximum absolute atomic E-state index is 12.8. The minimum absolute atomic E-state index is 0.0136. The minimum Gasteiger partial charge on any atom is -0.496 e. The Kier molecular flexibility index (Phi) is 7.17. The maximum Gasteiger partial charge on any atom is 0.257 e. The topological polar surface area (TPSA) is 77.1 Å². The number of hydrogen-bond donors (Lipinski definition) is 1. The molecule has 3 rings (SSSR count). The van der Waals surface area contributed by atoms with Gasteiger partial charge in [-0.15, -0.1) is 0 Å². The Balaban J connectivity index is 1.51. The monoisotopic (exact) mass is 412 g/mol. The minimum atomic E-state index is -0.150. The third kappa shape index (κ3) is 4.84. The van der Waals surface area contributed by atoms with E-state index in [0.29, 0.717) is 53.9 Å². The summed E-state index contributed by atoms with van der Waals surface area (Å²) in [5, 5.41) is 2.99. The third-order valence-corrected chi connectivity index (χ3v) is 5.44. The molecule has 7 heteroatoms. The Morgan fingerprint density at radius 1 is 0.933 bits per heavy atom. The molecule has 1 heterocycles. The molecule has 0 aromatic heterocycles. The van der Waals surface area contributed by atoms with Crippen molar-refractivity contribution in [2.45, 2.75) is 12.8 Å². The number of nitrogens with zero attached hydrogens (tertiary/aromatic N) is 1. The summed E-state index contributed by atoms with van der Waals surface area (Å²) >= 11 is 0. The molecule has 0 aliphatic carbocycles. The van der Waals surface area contributed by atoms with Crippen molar-refractivity contribution in [3.63, 3.8) is 0 Å². The molecule has 0 bridgehead atoms. The molecule has 30 heavy (non-hydrogen) atoms. The van der Waals surface area contributed by atoms with Gasteiger partial charge in [-0.1, -0.05) is 12.1 Å². The molecule has 0 saturated carbocycles. The summed E-state index contributed by atoms with van der Waals surface area (Å²) in [5.41, 5.74) is 1.11. The fourth-order valence-corrected chi connectivity index (χ4v) is 3.65. The zero-order valence-corrected chi connectivity index (χ0v) is 17.6. The summed E-state index contributed by atoms with van der Waals surface area (Å²) in [6.07, 6.45) is 1.68. The van der Waals surface area contributed by atoms with Gasteiger partial charge in [0, 0.05) is 25.2 Å². The molecular weight excluding hydrogens is 384 g/mol. The van der Waals surface area contributed by atoms with Crippen LogP contribution in [0.25, 0.3) is 0 Å². The highest BCUT2D eigenvalue weighted by Crippen LogP contribution is 2.28. The van der Waals surface area contributed by atoms with Gasteiger partial charge in [-0.25, -0.2) is 0 Å². The second-order valence-electron chi connectivity index (χ2n) is 7.22. The first-order valence-electron chi connectivity index (χ1n) is 10.00. The van der Waals surface area contributed by atoms with Crippen LogP contribution in [0.5, 0.6) is 17.2 Å². The first kappa shape index (κ1) is 21.5. The molecule has 2 aromatic rings. The molecule has 7 nitrogen and oxygen atoms in total. The second-order valence-corrected chi connectivity index (χ2v) is 7.22. The van der Waals surface area contributed by atoms with Crippen molar-refractivity contribution in [1.29, 1.82) is 0 Å². The predicted octanol–water partition coefficient (Wildman–Crippen LogP) is 2.99. The van der Waals surface area contributed by atoms with Crippen molar-refractivity contribution in [3.05, 3.63) is 53.6 Å². The number of methoxy groups -OCH3 is 3. The van der Waals surface area contributed by atoms with Gasteiger partial charge in [-0.3, -0.25) is 9.59 Å². The van der Waals surface area contributed by atoms with E-state index in [-0.39, 0.29) is 11.8 Å². The molecule has 0 radical (unpaired) electrons. The van der Waals surface area contributed by atoms with Gasteiger partial charge >= 0.3 is 0 Å². The van der Waals surface area contributed by atoms with Crippen molar-refractivity contribution >= 4 is 11.8 Å². The van der Waals surface area contributed by atoms with Gasteiger partial charge in [-0.2, -0.15) is 0 Å². The van der Waals surface area contributed by atoms with E-state index in [0.717, 1.165) is 12.8 Å². The number of carbonyl (C=O) groups excluding carboxylic acids is 2. The molecule has 1 aliphatic heterocycles. The lowest BCUT2D eigenvalue weighted by atomic mass is 9.96. The van der Waals surface area contributed by atoms with Gasteiger partial charge in [-0.05, 0) is 49.1 Å². The summed E-state index contributed by atoms with van der Waals surface area (Å²) in [6.45, 7) is 1.89. The Labute approximate surface area is 176 Å². The fourth-order valence-electron chi connectivity index (χ4n) is 3.65. The Morgan fingerprint density at radius 2 is 1.60 bits per heavy atom. The van der Waals surface area contributed by atoms with E-state index in [1.54, 1.807) is 51.7 Å². The van der Waals surface area contributed by atoms with Gasteiger partial charge in [0.1, 0.15) is 5.75 Å². The predicted molar refractivity (Wildman–Crippen MR) is 114 cm³/mol. The van der Waals surface area contributed by atoms with Crippen LogP contribution in [-0.2, 0) is 0 Å². The first-order chi connectivity index (χ1) is 14.6. The molecule has 2 aromatic carbocycles. The molecule has 2 amide bonds. The lowest BCUT2D eigenvalue weighted by Gasteiger charge is -2.32. The fraction of sp³-hybridized carbons (Fsp3) is 0.391. The molecule has 160 valence electrons. The van der Waals surface area contributed by atoms with E-state index in [1.165, 1.54) is 0 Å². The largest absolute Gasteiger partial charge is 0.496 e. The van der Waals surface area contributed by atoms with Crippen molar-refractivity contribution in [3.8, 4) is 17.2 Å². The van der Waals surface area contributed by atoms with E-state index in [9.17, 15) is 9.59 Å². The van der Waals surface area contributed by atoms with E-state index in [1.807, 2.05) is 17.0 Å². The Morgan fingerprint density at radius 3 is 2.27 bits per heavy atom. The van der Waals surface area contributed by atoms with Crippen molar-refractivity contribution < 1.29 is 23.8 Å². The molecule has 0 atom stereocenters. The quantitative estimate of drug-likeness (QED) is 0.757. The van der Waals surface area contributed by atoms with Crippen molar-refractivity contribution in [1.82, 2.24) is 10.2 Å². The number of carbonyl (C=O) groups is 2. The second kappa shape index (κ2) is 10.0. The van der Waals surface area contributed by atoms with Gasteiger partial charge in [0.05, 0.1) is 26.9 Å². The average molecular weight is 412 g/mol. The number of rotatable bonds is 7. The number of piperidine rings is 1. The van der Waals surface area contributed by atoms with E-state index < -0.39 is 0 Å². The Bertz CT molecular complexity index is 891. The number of ether oxygens (including phenoxy) is 3. The van der Waals surface area contributed by atoms with Crippen LogP contribution in [0.2, 0.25) is 0 Å². The van der Waals surface area contributed by atoms with Crippen molar-refractivity contribution in [2.24, 2.45) is 5.92 Å². The zero-order chi connectivity index (χ0) is 21.5. The number of hydrogen-bond acceptors (Lipinski definition) is 5. The lowest BCUT2D eigenvalue weighted by molar-refractivity contribution is 0.0681. The maximum atomic E-state index is 12.8. The highest BCUT2D eigenvalue weighted by atomic mass is 16.5. The normalized spacial score (nSPS) is 14.2. The summed E-state index contributed by atoms with van der Waals surface area (Å²) in [5.74, 6) is 1.86. The molecule has 1 N–H and O–H groups in total. The number of benzene rings is 2. The van der Waals surface area contributed by atoms with Crippen LogP contribution in [0.1, 0.15) is 33.6 Å². The number of para-hydroxylation sites is 1. The summed E-state index contributed by atoms with van der Waals surface area (Å²) < 4.78 is 15.8. The molecule has 1 saturated heterocycles. The van der Waals surface area contributed by atoms with Crippen LogP contribution >= 0.6 is 0 Å². The van der Waals surface area contributed by atoms with Gasteiger partial charge < -0.3 is 24.4 Å². The Hall–Kier alpha value is -3.22. The third-order valence-electron chi connectivity index (χ3n) is 5.44. The van der Waals surface area contributed by atoms with Gasteiger partial charge in [0.15, 0.2) is 11.5 Å². The standard InChI is InChI=1S/C23H28N2O5/c1-28-19-7-5-4-6-18(19)23(27)25-12-10-16(11-13-25)15-24-22(26)17-8-9-20(29-2)21(14-17)30-3/h4-9,14,16H,10-13,15H2,1-3H3,(H,24,26). The van der Waals surface area contributed by atoms with Gasteiger partial charge in [0.2, 0.25) is 0 Å². The average Bonchev–Trinajstić information content (AvgIpc) is 2.81. The molecule has 0 unspecified atom stereocenters. The highest BCUT2D eigenvalue weighted by molar-refractivity contribution is 5.97. The zero-order valence-electron chi connectivity index (χ0n) is 17.6. The summed E-state index contributed by atoms with van der Waals surface area (Å²) in [6, 6.07) is 12.4. The van der Waals surface area contributed by atoms with E-state index in [4.69, 9.17) is 14.2 Å². The van der Waals surface area contributed by atoms with Crippen LogP contribution in [0, 0.1) is 5.92 Å². The van der Waals surface area contributed by atoms with Crippen LogP contribution in [0.3, 0.4) is 0 Å². The summed E-state index contributed by atoms with van der Waals surface area (Å²) in [7, 11) is 4.67. The van der Waals surface area contributed by atoms with E-state index >= 15 is 0 Å². The number of likely N-dealkylation sites (tertiary alicyclic amines) is 1. The lowest BCUT2D eigenvalue weighted by Crippen LogP contribution is -2.41. The van der Waals surface area contributed by atoms with Crippen LogP contribution in [-0.4, -0.2) is 57.7 Å². The van der Waals surface area contributed by atoms with Crippen LogP contribution in [0.4, 0.5) is 0 Å². The molecule has 0 spiro atoms. The van der Waals surface area contributed by atoms with Crippen LogP contribution in [0.15, 0.2) is 42.5 Å². The SMILES string of the molecule is COc1ccc(C(=O)NCC2CCN(C(=O)c3ccccc3OC)CC2)cc1OC. The molecular formula is C23H28N2O5. The number of amides is 2. The smallest absolute Gasteiger partial charge is 0.257 e. The summed E-state index contributed by atoms with van der Waals surface area (Å²) in [4.78, 5) is 27.2. The van der Waals surface area contributed by atoms with Crippen LogP contribution < -0.4 is 19.5 Å². The highest BCUT2D eigenvalue weighted by Gasteiger charge is 2.25. The van der Waals surface area contributed by atoms with Crippen molar-refractivity contribution in [2.75, 3.05) is 41.0 Å². The molecule has 1 aliphatic rings. The van der Waals surface area contributed by atoms with Gasteiger partial charge in [0.25, 0.3) is 11.8 Å².